The summed E-state index contributed by atoms with van der Waals surface area (Å²) in [5, 5.41) is 3.15. The van der Waals surface area contributed by atoms with Crippen molar-refractivity contribution >= 4 is 17.5 Å². The van der Waals surface area contributed by atoms with Crippen molar-refractivity contribution in [1.29, 1.82) is 0 Å². The van der Waals surface area contributed by atoms with E-state index in [1.165, 1.54) is 29.6 Å². The Morgan fingerprint density at radius 1 is 1.19 bits per heavy atom. The zero-order valence-corrected chi connectivity index (χ0v) is 17.8. The van der Waals surface area contributed by atoms with Crippen molar-refractivity contribution in [1.82, 2.24) is 24.4 Å². The number of halogens is 1. The highest BCUT2D eigenvalue weighted by molar-refractivity contribution is 5.94. The number of likely N-dealkylation sites (tertiary alicyclic amines) is 1. The van der Waals surface area contributed by atoms with E-state index in [0.29, 0.717) is 36.3 Å². The van der Waals surface area contributed by atoms with Crippen LogP contribution >= 0.6 is 0 Å². The van der Waals surface area contributed by atoms with Crippen molar-refractivity contribution in [2.24, 2.45) is 0 Å². The Morgan fingerprint density at radius 3 is 2.81 bits per heavy atom. The molecule has 0 spiro atoms. The van der Waals surface area contributed by atoms with Crippen LogP contribution < -0.4 is 5.56 Å². The van der Waals surface area contributed by atoms with Gasteiger partial charge >= 0.3 is 0 Å². The van der Waals surface area contributed by atoms with Gasteiger partial charge in [-0.25, -0.2) is 13.9 Å². The smallest absolute Gasteiger partial charge is 0.277 e. The second kappa shape index (κ2) is 7.89. The van der Waals surface area contributed by atoms with Crippen LogP contribution in [0.3, 0.4) is 0 Å². The minimum absolute atomic E-state index is 0.0685. The predicted octanol–water partition coefficient (Wildman–Crippen LogP) is 2.43. The van der Waals surface area contributed by atoms with Crippen LogP contribution in [0, 0.1) is 5.82 Å². The van der Waals surface area contributed by atoms with Gasteiger partial charge in [-0.15, -0.1) is 0 Å². The highest BCUT2D eigenvalue weighted by atomic mass is 19.1. The Hall–Kier alpha value is -3.49. The van der Waals surface area contributed by atoms with Crippen LogP contribution in [0.2, 0.25) is 0 Å². The first-order valence-corrected chi connectivity index (χ1v) is 10.9. The summed E-state index contributed by atoms with van der Waals surface area (Å²) in [6, 6.07) is 7.27. The van der Waals surface area contributed by atoms with Crippen LogP contribution in [0.25, 0.3) is 5.65 Å². The number of fused-ring (bicyclic) bond motifs is 2. The largest absolute Gasteiger partial charge is 0.338 e. The second-order valence-electron chi connectivity index (χ2n) is 8.46. The van der Waals surface area contributed by atoms with E-state index < -0.39 is 5.82 Å². The van der Waals surface area contributed by atoms with Gasteiger partial charge in [-0.3, -0.25) is 19.5 Å². The number of hydrogen-bond donors (Lipinski definition) is 1. The number of aromatic nitrogens is 3. The minimum Gasteiger partial charge on any atom is -0.338 e. The molecule has 1 fully saturated rings. The molecule has 1 saturated heterocycles. The van der Waals surface area contributed by atoms with Gasteiger partial charge in [0.05, 0.1) is 29.5 Å². The molecule has 0 bridgehead atoms. The summed E-state index contributed by atoms with van der Waals surface area (Å²) in [6.45, 7) is 2.85. The fraction of sp³-hybridized carbons (Fsp3) is 0.391. The van der Waals surface area contributed by atoms with Crippen LogP contribution in [0.15, 0.2) is 35.1 Å². The quantitative estimate of drug-likeness (QED) is 0.667. The summed E-state index contributed by atoms with van der Waals surface area (Å²) >= 11 is 0. The molecule has 0 unspecified atom stereocenters. The van der Waals surface area contributed by atoms with Crippen molar-refractivity contribution in [2.45, 2.75) is 45.2 Å². The Balaban J connectivity index is 1.52. The van der Waals surface area contributed by atoms with Crippen LogP contribution in [-0.2, 0) is 17.8 Å². The maximum atomic E-state index is 13.7. The number of carbonyl (C=O) groups is 2. The molecular weight excluding hydrogens is 413 g/mol. The molecule has 5 rings (SSSR count). The molecule has 2 amide bonds. The topological polar surface area (TPSA) is 90.8 Å². The number of hydrogen-bond acceptors (Lipinski definition) is 4. The van der Waals surface area contributed by atoms with Crippen LogP contribution in [0.1, 0.15) is 59.5 Å². The number of H-pyrrole nitrogens is 1. The van der Waals surface area contributed by atoms with Gasteiger partial charge in [0.15, 0.2) is 5.65 Å². The Bertz CT molecular complexity index is 1280. The van der Waals surface area contributed by atoms with Crippen molar-refractivity contribution in [2.75, 3.05) is 13.1 Å². The van der Waals surface area contributed by atoms with Crippen molar-refractivity contribution in [3.05, 3.63) is 69.0 Å². The number of nitrogens with zero attached hydrogens (tertiary/aromatic N) is 4. The van der Waals surface area contributed by atoms with E-state index in [1.807, 2.05) is 6.07 Å². The molecule has 0 aliphatic carbocycles. The lowest BCUT2D eigenvalue weighted by Crippen LogP contribution is -2.39. The number of carbonyl (C=O) groups excluding carboxylic acids is 2. The lowest BCUT2D eigenvalue weighted by molar-refractivity contribution is -0.129. The molecule has 1 atom stereocenters. The maximum Gasteiger partial charge on any atom is 0.277 e. The molecule has 1 aromatic carbocycles. The number of amides is 2. The SMILES string of the molecule is CC(=O)N1CCc2nc3cc([C@H]4CCCCN4C(=O)c4cccc(F)c4)[nH]n3c(=O)c2C1. The van der Waals surface area contributed by atoms with Gasteiger partial charge < -0.3 is 9.80 Å². The average Bonchev–Trinajstić information content (AvgIpc) is 3.23. The molecule has 9 heteroatoms. The first kappa shape index (κ1) is 20.4. The van der Waals surface area contributed by atoms with E-state index in [9.17, 15) is 18.8 Å². The van der Waals surface area contributed by atoms with Gasteiger partial charge in [0.25, 0.3) is 11.5 Å². The lowest BCUT2D eigenvalue weighted by Gasteiger charge is -2.35. The maximum absolute atomic E-state index is 13.7. The van der Waals surface area contributed by atoms with Crippen molar-refractivity contribution in [3.8, 4) is 0 Å². The summed E-state index contributed by atoms with van der Waals surface area (Å²) in [4.78, 5) is 46.1. The van der Waals surface area contributed by atoms with Crippen molar-refractivity contribution in [3.63, 3.8) is 0 Å². The van der Waals surface area contributed by atoms with Gasteiger partial charge in [-0.05, 0) is 37.5 Å². The summed E-state index contributed by atoms with van der Waals surface area (Å²) in [5.74, 6) is -0.749. The monoisotopic (exact) mass is 437 g/mol. The third-order valence-electron chi connectivity index (χ3n) is 6.42. The fourth-order valence-electron chi connectivity index (χ4n) is 4.72. The van der Waals surface area contributed by atoms with E-state index >= 15 is 0 Å². The number of aromatic amines is 1. The van der Waals surface area contributed by atoms with E-state index in [4.69, 9.17) is 0 Å². The molecule has 1 N–H and O–H groups in total. The zero-order chi connectivity index (χ0) is 22.4. The normalized spacial score (nSPS) is 18.6. The van der Waals surface area contributed by atoms with Gasteiger partial charge in [-0.1, -0.05) is 6.07 Å². The van der Waals surface area contributed by atoms with Gasteiger partial charge in [0.2, 0.25) is 5.91 Å². The average molecular weight is 437 g/mol. The molecule has 4 heterocycles. The van der Waals surface area contributed by atoms with Gasteiger partial charge in [0, 0.05) is 38.1 Å². The van der Waals surface area contributed by atoms with Crippen LogP contribution in [0.4, 0.5) is 4.39 Å². The molecule has 166 valence electrons. The third-order valence-corrected chi connectivity index (χ3v) is 6.42. The van der Waals surface area contributed by atoms with Crippen LogP contribution in [0.5, 0.6) is 0 Å². The van der Waals surface area contributed by atoms with Crippen molar-refractivity contribution < 1.29 is 14.0 Å². The first-order valence-electron chi connectivity index (χ1n) is 10.9. The second-order valence-corrected chi connectivity index (χ2v) is 8.46. The Kier molecular flexibility index (Phi) is 5.03. The summed E-state index contributed by atoms with van der Waals surface area (Å²) < 4.78 is 15.1. The zero-order valence-electron chi connectivity index (χ0n) is 17.8. The third kappa shape index (κ3) is 3.47. The summed E-state index contributed by atoms with van der Waals surface area (Å²) in [7, 11) is 0. The van der Waals surface area contributed by atoms with E-state index in [1.54, 1.807) is 15.9 Å². The minimum atomic E-state index is -0.448. The van der Waals surface area contributed by atoms with E-state index in [0.717, 1.165) is 30.7 Å². The first-order chi connectivity index (χ1) is 15.4. The standard InChI is InChI=1S/C23H24FN5O3/c1-14(30)27-10-8-18-17(13-27)23(32)29-21(25-18)12-19(26-29)20-7-2-3-9-28(20)22(31)15-5-4-6-16(24)11-15/h4-6,11-12,20,26H,2-3,7-10,13H2,1H3/t20-/m1/s1. The Morgan fingerprint density at radius 2 is 2.03 bits per heavy atom. The van der Waals surface area contributed by atoms with Crippen LogP contribution in [-0.4, -0.2) is 49.3 Å². The molecule has 0 saturated carbocycles. The molecule has 32 heavy (non-hydrogen) atoms. The van der Waals surface area contributed by atoms with E-state index in [-0.39, 0.29) is 30.0 Å². The molecule has 2 aliphatic rings. The van der Waals surface area contributed by atoms with E-state index in [2.05, 4.69) is 10.1 Å². The number of nitrogens with one attached hydrogen (secondary N) is 1. The highest BCUT2D eigenvalue weighted by Gasteiger charge is 2.31. The molecule has 8 nitrogen and oxygen atoms in total. The molecule has 2 aliphatic heterocycles. The Labute approximate surface area is 183 Å². The number of rotatable bonds is 2. The fourth-order valence-corrected chi connectivity index (χ4v) is 4.72. The number of benzene rings is 1. The lowest BCUT2D eigenvalue weighted by atomic mass is 9.98. The molecule has 0 radical (unpaired) electrons. The summed E-state index contributed by atoms with van der Waals surface area (Å²) in [6.07, 6.45) is 3.08. The van der Waals surface area contributed by atoms with Gasteiger partial charge in [0.1, 0.15) is 5.82 Å². The van der Waals surface area contributed by atoms with Gasteiger partial charge in [-0.2, -0.15) is 0 Å². The molecule has 3 aromatic rings. The molecule has 2 aromatic heterocycles. The highest BCUT2D eigenvalue weighted by Crippen LogP contribution is 2.32. The molecular formula is C23H24FN5O3. The predicted molar refractivity (Wildman–Crippen MR) is 115 cm³/mol. The number of piperidine rings is 1. The summed E-state index contributed by atoms with van der Waals surface area (Å²) in [5.41, 5.74) is 2.56.